The van der Waals surface area contributed by atoms with Crippen LogP contribution in [0.1, 0.15) is 63.9 Å². The third-order valence-electron chi connectivity index (χ3n) is 6.71. The topological polar surface area (TPSA) is 95.4 Å². The Labute approximate surface area is 197 Å². The van der Waals surface area contributed by atoms with Crippen molar-refractivity contribution >= 4 is 17.5 Å². The van der Waals surface area contributed by atoms with E-state index in [1.807, 2.05) is 18.3 Å². The van der Waals surface area contributed by atoms with Gasteiger partial charge in [-0.25, -0.2) is 9.97 Å². The van der Waals surface area contributed by atoms with Crippen molar-refractivity contribution in [3.63, 3.8) is 0 Å². The lowest BCUT2D eigenvalue weighted by Gasteiger charge is -2.34. The van der Waals surface area contributed by atoms with Gasteiger partial charge in [0.05, 0.1) is 13.2 Å². The second-order valence-corrected chi connectivity index (χ2v) is 9.83. The Hall–Kier alpha value is -2.45. The molecule has 4 rings (SSSR count). The first kappa shape index (κ1) is 23.7. The van der Waals surface area contributed by atoms with E-state index in [1.54, 1.807) is 13.3 Å². The minimum absolute atomic E-state index is 0.169. The summed E-state index contributed by atoms with van der Waals surface area (Å²) in [4.78, 5) is 16.3. The van der Waals surface area contributed by atoms with Gasteiger partial charge in [-0.1, -0.05) is 13.8 Å². The van der Waals surface area contributed by atoms with Gasteiger partial charge in [0.25, 0.3) is 0 Å². The van der Waals surface area contributed by atoms with Crippen LogP contribution in [0.4, 0.5) is 17.5 Å². The van der Waals surface area contributed by atoms with Crippen LogP contribution < -0.4 is 15.4 Å². The number of piperidine rings is 1. The number of hydrogen-bond acceptors (Lipinski definition) is 8. The molecule has 0 bridgehead atoms. The maximum atomic E-state index is 9.91. The smallest absolute Gasteiger partial charge is 0.229 e. The fourth-order valence-electron chi connectivity index (χ4n) is 4.95. The molecule has 2 fully saturated rings. The van der Waals surface area contributed by atoms with Gasteiger partial charge in [0.15, 0.2) is 0 Å². The van der Waals surface area contributed by atoms with Crippen molar-refractivity contribution < 1.29 is 9.84 Å². The number of anilines is 3. The summed E-state index contributed by atoms with van der Waals surface area (Å²) < 4.78 is 5.23. The molecule has 8 nitrogen and oxygen atoms in total. The predicted molar refractivity (Wildman–Crippen MR) is 131 cm³/mol. The van der Waals surface area contributed by atoms with Crippen molar-refractivity contribution in [2.45, 2.75) is 70.4 Å². The monoisotopic (exact) mass is 454 g/mol. The quantitative estimate of drug-likeness (QED) is 0.547. The summed E-state index contributed by atoms with van der Waals surface area (Å²) in [5, 5.41) is 16.9. The van der Waals surface area contributed by atoms with Crippen LogP contribution in [0.15, 0.2) is 24.5 Å². The Bertz CT molecular complexity index is 892. The number of likely N-dealkylation sites (tertiary alicyclic amines) is 1. The fourth-order valence-corrected chi connectivity index (χ4v) is 4.95. The summed E-state index contributed by atoms with van der Waals surface area (Å²) in [6, 6.07) is 4.04. The predicted octanol–water partition coefficient (Wildman–Crippen LogP) is 4.17. The van der Waals surface area contributed by atoms with Crippen molar-refractivity contribution in [3.05, 3.63) is 30.1 Å². The molecule has 0 amide bonds. The molecule has 0 atom stereocenters. The average molecular weight is 455 g/mol. The van der Waals surface area contributed by atoms with Crippen LogP contribution in [0, 0.1) is 5.92 Å². The number of pyridine rings is 1. The first-order chi connectivity index (χ1) is 16.0. The van der Waals surface area contributed by atoms with Crippen LogP contribution >= 0.6 is 0 Å². The Balaban J connectivity index is 1.52. The molecule has 2 aromatic rings. The van der Waals surface area contributed by atoms with Crippen molar-refractivity contribution in [1.29, 1.82) is 0 Å². The highest BCUT2D eigenvalue weighted by Gasteiger charge is 2.26. The Kier molecular flexibility index (Phi) is 7.98. The van der Waals surface area contributed by atoms with Gasteiger partial charge in [-0.3, -0.25) is 0 Å². The largest absolute Gasteiger partial charge is 0.481 e. The third-order valence-corrected chi connectivity index (χ3v) is 6.71. The van der Waals surface area contributed by atoms with E-state index in [4.69, 9.17) is 9.72 Å². The number of aliphatic hydroxyl groups is 1. The molecule has 2 aliphatic rings. The molecule has 2 aromatic heterocycles. The SMILES string of the molecule is COc1cc(Nc2ncc(C3CCN(CC(C)C)CC3)c(NC3CCC(O)CC3)n2)ccn1. The highest BCUT2D eigenvalue weighted by atomic mass is 16.5. The van der Waals surface area contributed by atoms with Crippen LogP contribution in [0.2, 0.25) is 0 Å². The van der Waals surface area contributed by atoms with Gasteiger partial charge in [-0.15, -0.1) is 0 Å². The number of aromatic nitrogens is 3. The highest BCUT2D eigenvalue weighted by molar-refractivity contribution is 5.57. The van der Waals surface area contributed by atoms with E-state index in [-0.39, 0.29) is 6.10 Å². The normalized spacial score (nSPS) is 22.3. The van der Waals surface area contributed by atoms with E-state index < -0.39 is 0 Å². The number of aliphatic hydroxyl groups excluding tert-OH is 1. The van der Waals surface area contributed by atoms with E-state index >= 15 is 0 Å². The number of ether oxygens (including phenoxy) is 1. The average Bonchev–Trinajstić information content (AvgIpc) is 2.81. The van der Waals surface area contributed by atoms with E-state index in [1.165, 1.54) is 5.56 Å². The van der Waals surface area contributed by atoms with E-state index in [9.17, 15) is 5.11 Å². The standard InChI is InChI=1S/C25H38N6O2/c1-17(2)16-31-12-9-18(10-13-31)22-15-27-25(29-20-8-11-26-23(14-20)33-3)30-24(22)28-19-4-6-21(32)7-5-19/h8,11,14-15,17-19,21,32H,4-7,9-10,12-13,16H2,1-3H3,(H2,26,27,28,29,30). The molecule has 1 aliphatic heterocycles. The first-order valence-corrected chi connectivity index (χ1v) is 12.3. The van der Waals surface area contributed by atoms with Crippen LogP contribution in [0.3, 0.4) is 0 Å². The summed E-state index contributed by atoms with van der Waals surface area (Å²) in [7, 11) is 1.60. The molecule has 33 heavy (non-hydrogen) atoms. The number of methoxy groups -OCH3 is 1. The van der Waals surface area contributed by atoms with Crippen molar-refractivity contribution in [1.82, 2.24) is 19.9 Å². The van der Waals surface area contributed by atoms with E-state index in [2.05, 4.69) is 39.3 Å². The van der Waals surface area contributed by atoms with Crippen LogP contribution in [-0.2, 0) is 0 Å². The number of nitrogens with one attached hydrogen (secondary N) is 2. The lowest BCUT2D eigenvalue weighted by molar-refractivity contribution is 0.126. The number of rotatable bonds is 8. The van der Waals surface area contributed by atoms with Gasteiger partial charge >= 0.3 is 0 Å². The molecule has 3 N–H and O–H groups in total. The molecule has 1 saturated heterocycles. The molecule has 0 radical (unpaired) electrons. The molecular formula is C25H38N6O2. The maximum Gasteiger partial charge on any atom is 0.229 e. The van der Waals surface area contributed by atoms with Gasteiger partial charge in [0, 0.05) is 42.3 Å². The Morgan fingerprint density at radius 2 is 1.88 bits per heavy atom. The Morgan fingerprint density at radius 3 is 2.58 bits per heavy atom. The molecule has 8 heteroatoms. The molecular weight excluding hydrogens is 416 g/mol. The van der Waals surface area contributed by atoms with Crippen LogP contribution in [0.25, 0.3) is 0 Å². The van der Waals surface area contributed by atoms with Gasteiger partial charge in [-0.2, -0.15) is 4.98 Å². The van der Waals surface area contributed by atoms with Crippen molar-refractivity contribution in [2.75, 3.05) is 37.4 Å². The van der Waals surface area contributed by atoms with Gasteiger partial charge in [-0.05, 0) is 69.5 Å². The third kappa shape index (κ3) is 6.54. The molecule has 1 saturated carbocycles. The van der Waals surface area contributed by atoms with E-state index in [0.29, 0.717) is 29.7 Å². The van der Waals surface area contributed by atoms with Gasteiger partial charge in [0.2, 0.25) is 11.8 Å². The molecule has 3 heterocycles. The highest BCUT2D eigenvalue weighted by Crippen LogP contribution is 2.34. The lowest BCUT2D eigenvalue weighted by Crippen LogP contribution is -2.36. The molecule has 0 aromatic carbocycles. The van der Waals surface area contributed by atoms with Gasteiger partial charge in [0.1, 0.15) is 5.82 Å². The molecule has 180 valence electrons. The Morgan fingerprint density at radius 1 is 1.12 bits per heavy atom. The number of hydrogen-bond donors (Lipinski definition) is 3. The zero-order chi connectivity index (χ0) is 23.2. The molecule has 0 unspecified atom stereocenters. The molecule has 1 aliphatic carbocycles. The van der Waals surface area contributed by atoms with Crippen molar-refractivity contribution in [2.24, 2.45) is 5.92 Å². The number of nitrogens with zero attached hydrogens (tertiary/aromatic N) is 4. The van der Waals surface area contributed by atoms with Gasteiger partial charge < -0.3 is 25.4 Å². The fraction of sp³-hybridized carbons (Fsp3) is 0.640. The summed E-state index contributed by atoms with van der Waals surface area (Å²) >= 11 is 0. The zero-order valence-corrected chi connectivity index (χ0v) is 20.1. The second-order valence-electron chi connectivity index (χ2n) is 9.83. The summed E-state index contributed by atoms with van der Waals surface area (Å²) in [6.07, 6.45) is 9.39. The minimum atomic E-state index is -0.169. The zero-order valence-electron chi connectivity index (χ0n) is 20.1. The van der Waals surface area contributed by atoms with Crippen molar-refractivity contribution in [3.8, 4) is 5.88 Å². The summed E-state index contributed by atoms with van der Waals surface area (Å²) in [6.45, 7) is 7.97. The summed E-state index contributed by atoms with van der Waals surface area (Å²) in [5.41, 5.74) is 2.05. The van der Waals surface area contributed by atoms with Crippen LogP contribution in [-0.4, -0.2) is 63.8 Å². The minimum Gasteiger partial charge on any atom is -0.481 e. The van der Waals surface area contributed by atoms with Crippen LogP contribution in [0.5, 0.6) is 5.88 Å². The lowest BCUT2D eigenvalue weighted by atomic mass is 9.89. The van der Waals surface area contributed by atoms with E-state index in [0.717, 1.165) is 69.7 Å². The second kappa shape index (κ2) is 11.1. The molecule has 0 spiro atoms. The summed E-state index contributed by atoms with van der Waals surface area (Å²) in [5.74, 6) is 3.18. The first-order valence-electron chi connectivity index (χ1n) is 12.3. The maximum absolute atomic E-state index is 9.91.